The molecule has 1 N–H and O–H groups in total. The first kappa shape index (κ1) is 27.7. The maximum Gasteiger partial charge on any atom is 0.238 e. The Balaban J connectivity index is 1.51. The molecule has 7 nitrogen and oxygen atoms in total. The number of amides is 1. The summed E-state index contributed by atoms with van der Waals surface area (Å²) in [6.45, 7) is 2.52. The number of para-hydroxylation sites is 2. The van der Waals surface area contributed by atoms with Crippen LogP contribution < -0.4 is 14.8 Å². The fourth-order valence-corrected chi connectivity index (χ4v) is 7.31. The summed E-state index contributed by atoms with van der Waals surface area (Å²) < 4.78 is 11.5. The molecule has 0 radical (unpaired) electrons. The fraction of sp³-hybridized carbons (Fsp3) is 0.216. The number of carbonyl (C=O) groups excluding carboxylic acids is 3. The minimum Gasteiger partial charge on any atom is -0.496 e. The normalized spacial score (nSPS) is 22.6. The average Bonchev–Trinajstić information content (AvgIpc) is 3.55. The summed E-state index contributed by atoms with van der Waals surface area (Å²) in [5, 5.41) is 3.09. The van der Waals surface area contributed by atoms with Gasteiger partial charge in [-0.05, 0) is 59.5 Å². The lowest BCUT2D eigenvalue weighted by molar-refractivity contribution is -0.122. The van der Waals surface area contributed by atoms with Gasteiger partial charge in [0.2, 0.25) is 5.91 Å². The molecule has 3 aliphatic heterocycles. The van der Waals surface area contributed by atoms with Crippen molar-refractivity contribution in [1.82, 2.24) is 4.90 Å². The number of Topliss-reactive ketones (excluding diaryl/α,β-unsaturated/α-hetero) is 2. The molecule has 4 aromatic carbocycles. The van der Waals surface area contributed by atoms with Gasteiger partial charge in [0.1, 0.15) is 23.0 Å². The molecule has 3 aliphatic rings. The summed E-state index contributed by atoms with van der Waals surface area (Å²) in [6.07, 6.45) is 4.64. The minimum atomic E-state index is -1.41. The van der Waals surface area contributed by atoms with Crippen molar-refractivity contribution in [2.24, 2.45) is 5.92 Å². The average molecular weight is 585 g/mol. The maximum atomic E-state index is 15.1. The van der Waals surface area contributed by atoms with Gasteiger partial charge in [0.15, 0.2) is 11.6 Å². The summed E-state index contributed by atoms with van der Waals surface area (Å²) in [5.74, 6) is -0.989. The number of nitrogens with one attached hydrogen (secondary N) is 1. The lowest BCUT2D eigenvalue weighted by Crippen LogP contribution is -2.49. The molecule has 1 amide bonds. The van der Waals surface area contributed by atoms with Crippen LogP contribution in [-0.4, -0.2) is 42.1 Å². The predicted octanol–water partition coefficient (Wildman–Crippen LogP) is 6.47. The largest absolute Gasteiger partial charge is 0.496 e. The van der Waals surface area contributed by atoms with Gasteiger partial charge in [-0.15, -0.1) is 0 Å². The van der Waals surface area contributed by atoms with E-state index >= 15 is 4.79 Å². The molecule has 1 fully saturated rings. The first-order valence-corrected chi connectivity index (χ1v) is 14.9. The van der Waals surface area contributed by atoms with Gasteiger partial charge < -0.3 is 19.7 Å². The predicted molar refractivity (Wildman–Crippen MR) is 168 cm³/mol. The highest BCUT2D eigenvalue weighted by atomic mass is 16.5. The molecule has 7 rings (SSSR count). The number of benzene rings is 4. The van der Waals surface area contributed by atoms with Crippen LogP contribution in [0.15, 0.2) is 103 Å². The number of ether oxygens (including phenoxy) is 2. The molecule has 220 valence electrons. The van der Waals surface area contributed by atoms with Crippen molar-refractivity contribution in [3.8, 4) is 11.5 Å². The molecular weight excluding hydrogens is 552 g/mol. The van der Waals surface area contributed by atoms with E-state index in [9.17, 15) is 9.59 Å². The molecule has 4 atom stereocenters. The van der Waals surface area contributed by atoms with Crippen molar-refractivity contribution in [1.29, 1.82) is 0 Å². The van der Waals surface area contributed by atoms with Gasteiger partial charge in [-0.1, -0.05) is 73.7 Å². The second kappa shape index (κ2) is 10.8. The van der Waals surface area contributed by atoms with Crippen LogP contribution in [0.2, 0.25) is 0 Å². The van der Waals surface area contributed by atoms with Crippen LogP contribution in [0.4, 0.5) is 5.69 Å². The van der Waals surface area contributed by atoms with Crippen molar-refractivity contribution in [3.05, 3.63) is 131 Å². The number of hydrogen-bond acceptors (Lipinski definition) is 6. The summed E-state index contributed by atoms with van der Waals surface area (Å²) >= 11 is 0. The lowest BCUT2D eigenvalue weighted by atomic mass is 9.62. The Hall–Kier alpha value is -5.17. The van der Waals surface area contributed by atoms with Gasteiger partial charge >= 0.3 is 0 Å². The lowest BCUT2D eigenvalue weighted by Gasteiger charge is -2.38. The second-order valence-electron chi connectivity index (χ2n) is 11.4. The van der Waals surface area contributed by atoms with Gasteiger partial charge in [0.25, 0.3) is 0 Å². The van der Waals surface area contributed by atoms with Crippen molar-refractivity contribution in [2.75, 3.05) is 19.0 Å². The number of carbonyl (C=O) groups is 3. The summed E-state index contributed by atoms with van der Waals surface area (Å²) in [5.41, 5.74) is 2.51. The summed E-state index contributed by atoms with van der Waals surface area (Å²) in [7, 11) is 1.52. The van der Waals surface area contributed by atoms with Crippen LogP contribution in [0.1, 0.15) is 56.8 Å². The van der Waals surface area contributed by atoms with E-state index in [2.05, 4.69) is 5.32 Å². The Kier molecular flexibility index (Phi) is 6.81. The van der Waals surface area contributed by atoms with Crippen molar-refractivity contribution in [2.45, 2.75) is 30.8 Å². The van der Waals surface area contributed by atoms with Crippen molar-refractivity contribution >= 4 is 29.2 Å². The van der Waals surface area contributed by atoms with E-state index in [1.165, 1.54) is 7.11 Å². The van der Waals surface area contributed by atoms with E-state index in [1.807, 2.05) is 78.7 Å². The number of methoxy groups -OCH3 is 1. The van der Waals surface area contributed by atoms with Crippen molar-refractivity contribution < 1.29 is 23.9 Å². The Morgan fingerprint density at radius 2 is 1.68 bits per heavy atom. The molecule has 1 saturated heterocycles. The molecule has 7 heteroatoms. The van der Waals surface area contributed by atoms with Crippen LogP contribution in [-0.2, 0) is 10.2 Å². The first-order valence-electron chi connectivity index (χ1n) is 14.9. The molecule has 0 aliphatic carbocycles. The maximum absolute atomic E-state index is 15.1. The SMILES string of the molecule is CCCOc1cccc(C(=O)[C@@H]2[C@@H](C(=O)c3ccccc3OC)N3C=Cc4ccccc4[C@@H]3[C@]23C(=O)Nc2ccccc23)c1. The number of fused-ring (bicyclic) bond motifs is 6. The van der Waals surface area contributed by atoms with Crippen LogP contribution >= 0.6 is 0 Å². The Bertz CT molecular complexity index is 1830. The van der Waals surface area contributed by atoms with E-state index in [-0.39, 0.29) is 17.5 Å². The molecule has 1 spiro atoms. The Morgan fingerprint density at radius 3 is 2.52 bits per heavy atom. The molecule has 0 aromatic heterocycles. The van der Waals surface area contributed by atoms with Crippen molar-refractivity contribution in [3.63, 3.8) is 0 Å². The quantitative estimate of drug-likeness (QED) is 0.239. The molecule has 0 saturated carbocycles. The summed E-state index contributed by atoms with van der Waals surface area (Å²) in [4.78, 5) is 46.5. The van der Waals surface area contributed by atoms with Gasteiger partial charge in [0, 0.05) is 17.5 Å². The molecule has 0 unspecified atom stereocenters. The molecule has 44 heavy (non-hydrogen) atoms. The van der Waals surface area contributed by atoms with Crippen LogP contribution in [0.25, 0.3) is 6.08 Å². The van der Waals surface area contributed by atoms with E-state index in [4.69, 9.17) is 9.47 Å². The number of nitrogens with zero attached hydrogens (tertiary/aromatic N) is 1. The van der Waals surface area contributed by atoms with Gasteiger partial charge in [-0.25, -0.2) is 0 Å². The van der Waals surface area contributed by atoms with E-state index in [1.54, 1.807) is 42.5 Å². The van der Waals surface area contributed by atoms with Crippen LogP contribution in [0.3, 0.4) is 0 Å². The Morgan fingerprint density at radius 1 is 0.909 bits per heavy atom. The van der Waals surface area contributed by atoms with E-state index in [0.717, 1.165) is 17.5 Å². The third-order valence-corrected chi connectivity index (χ3v) is 9.09. The topological polar surface area (TPSA) is 84.9 Å². The highest BCUT2D eigenvalue weighted by Gasteiger charge is 2.70. The third-order valence-electron chi connectivity index (χ3n) is 9.09. The second-order valence-corrected chi connectivity index (χ2v) is 11.4. The highest BCUT2D eigenvalue weighted by Crippen LogP contribution is 2.62. The smallest absolute Gasteiger partial charge is 0.238 e. The minimum absolute atomic E-state index is 0.290. The molecule has 4 aromatic rings. The zero-order valence-corrected chi connectivity index (χ0v) is 24.5. The zero-order chi connectivity index (χ0) is 30.4. The number of ketones is 2. The van der Waals surface area contributed by atoms with Gasteiger partial charge in [-0.2, -0.15) is 0 Å². The fourth-order valence-electron chi connectivity index (χ4n) is 7.31. The molecule has 0 bridgehead atoms. The van der Waals surface area contributed by atoms with E-state index in [0.29, 0.717) is 40.5 Å². The molecular formula is C37H32N2O5. The standard InChI is InChI=1S/C37H32N2O5/c1-3-21-44-25-13-10-12-24(22-25)33(40)31-32(34(41)27-15-6-9-18-30(27)43-2)39-20-19-23-11-4-5-14-26(23)35(39)37(31)28-16-7-8-17-29(28)38-36(37)42/h4-20,22,31-32,35H,3,21H2,1-2H3,(H,38,42)/t31-,32-,35+,37+/m0/s1. The first-order chi connectivity index (χ1) is 21.5. The number of rotatable bonds is 8. The van der Waals surface area contributed by atoms with Crippen LogP contribution in [0, 0.1) is 5.92 Å². The third kappa shape index (κ3) is 3.99. The highest BCUT2D eigenvalue weighted by molar-refractivity contribution is 6.17. The number of hydrogen-bond donors (Lipinski definition) is 1. The Labute approximate surface area is 256 Å². The van der Waals surface area contributed by atoms with Gasteiger partial charge in [0.05, 0.1) is 31.2 Å². The van der Waals surface area contributed by atoms with E-state index < -0.39 is 23.4 Å². The monoisotopic (exact) mass is 584 g/mol. The zero-order valence-electron chi connectivity index (χ0n) is 24.5. The molecule has 3 heterocycles. The number of anilines is 1. The van der Waals surface area contributed by atoms with Crippen LogP contribution in [0.5, 0.6) is 11.5 Å². The summed E-state index contributed by atoms with van der Waals surface area (Å²) in [6, 6.07) is 27.8. The van der Waals surface area contributed by atoms with Gasteiger partial charge in [-0.3, -0.25) is 14.4 Å².